The molecule has 0 fully saturated rings. The number of carbonyl (C=O) groups is 1. The third-order valence-corrected chi connectivity index (χ3v) is 6.04. The molecule has 2 heterocycles. The second-order valence-electron chi connectivity index (χ2n) is 6.22. The molecule has 142 valence electrons. The number of fused-ring (bicyclic) bond motifs is 3. The Kier molecular flexibility index (Phi) is 4.99. The quantitative estimate of drug-likeness (QED) is 0.480. The predicted octanol–water partition coefficient (Wildman–Crippen LogP) is 4.71. The highest BCUT2D eigenvalue weighted by Crippen LogP contribution is 2.32. The summed E-state index contributed by atoms with van der Waals surface area (Å²) in [6.07, 6.45) is 0.447. The van der Waals surface area contributed by atoms with Gasteiger partial charge in [-0.3, -0.25) is 14.2 Å². The number of rotatable bonds is 4. The Morgan fingerprint density at radius 2 is 2.00 bits per heavy atom. The van der Waals surface area contributed by atoms with Gasteiger partial charge in [-0.1, -0.05) is 28.9 Å². The van der Waals surface area contributed by atoms with E-state index in [2.05, 4.69) is 26.2 Å². The number of thiophene rings is 1. The maximum absolute atomic E-state index is 14.3. The summed E-state index contributed by atoms with van der Waals surface area (Å²) in [6.45, 7) is 1.69. The maximum Gasteiger partial charge on any atom is 0.272 e. The zero-order chi connectivity index (χ0) is 19.8. The standard InChI is InChI=1S/C20H15BrFN3O2S/c1-2-15-24-18-17-13(22)4-3-5-14(17)28-19(18)20(27)25(15)10-16(26)23-12-8-6-11(21)7-9-12/h3-9H,2,10H2,1H3,(H,23,26). The first-order chi connectivity index (χ1) is 13.5. The first kappa shape index (κ1) is 18.8. The van der Waals surface area contributed by atoms with Gasteiger partial charge in [0.15, 0.2) is 0 Å². The second-order valence-corrected chi connectivity index (χ2v) is 8.19. The molecular formula is C20H15BrFN3O2S. The van der Waals surface area contributed by atoms with Crippen molar-refractivity contribution in [2.45, 2.75) is 19.9 Å². The first-order valence-electron chi connectivity index (χ1n) is 8.63. The fraction of sp³-hybridized carbons (Fsp3) is 0.150. The molecule has 0 unspecified atom stereocenters. The van der Waals surface area contributed by atoms with Crippen LogP contribution in [0.2, 0.25) is 0 Å². The molecular weight excluding hydrogens is 445 g/mol. The Bertz CT molecular complexity index is 1260. The van der Waals surface area contributed by atoms with Crippen LogP contribution in [0.1, 0.15) is 12.7 Å². The molecule has 0 spiro atoms. The molecule has 5 nitrogen and oxygen atoms in total. The number of hydrogen-bond acceptors (Lipinski definition) is 4. The lowest BCUT2D eigenvalue weighted by Crippen LogP contribution is -2.30. The number of aromatic nitrogens is 2. The Morgan fingerprint density at radius 1 is 1.25 bits per heavy atom. The van der Waals surface area contributed by atoms with Gasteiger partial charge in [0.2, 0.25) is 5.91 Å². The summed E-state index contributed by atoms with van der Waals surface area (Å²) in [5.41, 5.74) is 0.676. The number of benzene rings is 2. The van der Waals surface area contributed by atoms with Gasteiger partial charge in [-0.05, 0) is 36.4 Å². The SMILES string of the molecule is CCc1nc2c(sc3cccc(F)c32)c(=O)n1CC(=O)Nc1ccc(Br)cc1. The van der Waals surface area contributed by atoms with Crippen LogP contribution in [0.4, 0.5) is 10.1 Å². The number of anilines is 1. The average Bonchev–Trinajstić information content (AvgIpc) is 3.06. The van der Waals surface area contributed by atoms with Crippen LogP contribution in [-0.4, -0.2) is 15.5 Å². The number of nitrogens with zero attached hydrogens (tertiary/aromatic N) is 2. The van der Waals surface area contributed by atoms with Gasteiger partial charge in [-0.25, -0.2) is 9.37 Å². The molecule has 1 amide bonds. The number of aryl methyl sites for hydroxylation is 1. The van der Waals surface area contributed by atoms with Crippen LogP contribution in [0, 0.1) is 5.82 Å². The normalized spacial score (nSPS) is 11.2. The smallest absolute Gasteiger partial charge is 0.272 e. The zero-order valence-electron chi connectivity index (χ0n) is 14.8. The molecule has 28 heavy (non-hydrogen) atoms. The zero-order valence-corrected chi connectivity index (χ0v) is 17.2. The minimum Gasteiger partial charge on any atom is -0.325 e. The fourth-order valence-corrected chi connectivity index (χ4v) is 4.45. The van der Waals surface area contributed by atoms with Gasteiger partial charge in [0.1, 0.15) is 22.9 Å². The van der Waals surface area contributed by atoms with Crippen LogP contribution in [0.3, 0.4) is 0 Å². The van der Waals surface area contributed by atoms with Gasteiger partial charge in [0.25, 0.3) is 5.56 Å². The summed E-state index contributed by atoms with van der Waals surface area (Å²) in [7, 11) is 0. The molecule has 0 aliphatic carbocycles. The highest BCUT2D eigenvalue weighted by molar-refractivity contribution is 9.10. The second kappa shape index (κ2) is 7.44. The van der Waals surface area contributed by atoms with Crippen molar-refractivity contribution < 1.29 is 9.18 Å². The van der Waals surface area contributed by atoms with E-state index < -0.39 is 5.82 Å². The number of carbonyl (C=O) groups excluding carboxylic acids is 1. The van der Waals surface area contributed by atoms with Crippen molar-refractivity contribution in [3.63, 3.8) is 0 Å². The van der Waals surface area contributed by atoms with Crippen molar-refractivity contribution in [2.75, 3.05) is 5.32 Å². The molecule has 1 N–H and O–H groups in total. The lowest BCUT2D eigenvalue weighted by atomic mass is 10.2. The van der Waals surface area contributed by atoms with E-state index in [1.165, 1.54) is 22.0 Å². The molecule has 0 bridgehead atoms. The van der Waals surface area contributed by atoms with Gasteiger partial charge in [-0.15, -0.1) is 11.3 Å². The van der Waals surface area contributed by atoms with Crippen LogP contribution in [-0.2, 0) is 17.8 Å². The highest BCUT2D eigenvalue weighted by Gasteiger charge is 2.18. The third-order valence-electron chi connectivity index (χ3n) is 4.38. The fourth-order valence-electron chi connectivity index (χ4n) is 3.08. The molecule has 0 atom stereocenters. The minimum absolute atomic E-state index is 0.155. The molecule has 8 heteroatoms. The van der Waals surface area contributed by atoms with Gasteiger partial charge in [0, 0.05) is 21.3 Å². The van der Waals surface area contributed by atoms with E-state index >= 15 is 0 Å². The Balaban J connectivity index is 1.76. The molecule has 0 aliphatic heterocycles. The molecule has 2 aromatic heterocycles. The molecule has 0 aliphatic rings. The van der Waals surface area contributed by atoms with Crippen molar-refractivity contribution in [1.82, 2.24) is 9.55 Å². The van der Waals surface area contributed by atoms with Crippen LogP contribution >= 0.6 is 27.3 Å². The number of nitrogens with one attached hydrogen (secondary N) is 1. The summed E-state index contributed by atoms with van der Waals surface area (Å²) in [5.74, 6) is -0.276. The van der Waals surface area contributed by atoms with Crippen molar-refractivity contribution in [3.05, 3.63) is 68.9 Å². The van der Waals surface area contributed by atoms with Gasteiger partial charge in [-0.2, -0.15) is 0 Å². The van der Waals surface area contributed by atoms with E-state index in [9.17, 15) is 14.0 Å². The van der Waals surface area contributed by atoms with E-state index in [1.807, 2.05) is 19.1 Å². The predicted molar refractivity (Wildman–Crippen MR) is 113 cm³/mol. The van der Waals surface area contributed by atoms with Crippen LogP contribution in [0.15, 0.2) is 51.7 Å². The number of amides is 1. The number of halogens is 2. The summed E-state index contributed by atoms with van der Waals surface area (Å²) in [5, 5.41) is 3.14. The van der Waals surface area contributed by atoms with Crippen LogP contribution < -0.4 is 10.9 Å². The minimum atomic E-state index is -0.400. The lowest BCUT2D eigenvalue weighted by molar-refractivity contribution is -0.116. The Morgan fingerprint density at radius 3 is 2.71 bits per heavy atom. The van der Waals surface area contributed by atoms with Crippen molar-refractivity contribution >= 4 is 59.2 Å². The average molecular weight is 460 g/mol. The molecule has 2 aromatic carbocycles. The Hall–Kier alpha value is -2.58. The molecule has 0 saturated heterocycles. The largest absolute Gasteiger partial charge is 0.325 e. The molecule has 4 aromatic rings. The first-order valence-corrected chi connectivity index (χ1v) is 10.2. The molecule has 0 saturated carbocycles. The van der Waals surface area contributed by atoms with Crippen molar-refractivity contribution in [2.24, 2.45) is 0 Å². The summed E-state index contributed by atoms with van der Waals surface area (Å²) in [6, 6.07) is 11.9. The van der Waals surface area contributed by atoms with Crippen LogP contribution in [0.25, 0.3) is 20.3 Å². The topological polar surface area (TPSA) is 64.0 Å². The third kappa shape index (κ3) is 3.33. The molecule has 0 radical (unpaired) electrons. The highest BCUT2D eigenvalue weighted by atomic mass is 79.9. The van der Waals surface area contributed by atoms with Gasteiger partial charge < -0.3 is 5.32 Å². The Labute approximate surface area is 172 Å². The maximum atomic E-state index is 14.3. The van der Waals surface area contributed by atoms with E-state index in [-0.39, 0.29) is 18.0 Å². The van der Waals surface area contributed by atoms with E-state index in [0.29, 0.717) is 38.2 Å². The molecule has 4 rings (SSSR count). The summed E-state index contributed by atoms with van der Waals surface area (Å²) < 4.78 is 17.6. The van der Waals surface area contributed by atoms with Crippen molar-refractivity contribution in [3.8, 4) is 0 Å². The monoisotopic (exact) mass is 459 g/mol. The van der Waals surface area contributed by atoms with Gasteiger partial charge >= 0.3 is 0 Å². The summed E-state index contributed by atoms with van der Waals surface area (Å²) >= 11 is 4.54. The van der Waals surface area contributed by atoms with E-state index in [4.69, 9.17) is 0 Å². The van der Waals surface area contributed by atoms with E-state index in [0.717, 1.165) is 4.47 Å². The lowest BCUT2D eigenvalue weighted by Gasteiger charge is -2.11. The van der Waals surface area contributed by atoms with Crippen LogP contribution in [0.5, 0.6) is 0 Å². The van der Waals surface area contributed by atoms with Crippen molar-refractivity contribution in [1.29, 1.82) is 0 Å². The van der Waals surface area contributed by atoms with E-state index in [1.54, 1.807) is 24.3 Å². The number of hydrogen-bond donors (Lipinski definition) is 1. The summed E-state index contributed by atoms with van der Waals surface area (Å²) in [4.78, 5) is 30.1. The van der Waals surface area contributed by atoms with Gasteiger partial charge in [0.05, 0.1) is 10.9 Å².